The molecule has 1 heterocycles. The zero-order chi connectivity index (χ0) is 6.20. The van der Waals surface area contributed by atoms with Crippen molar-refractivity contribution in [3.8, 4) is 0 Å². The molecule has 0 saturated carbocycles. The van der Waals surface area contributed by atoms with Gasteiger partial charge in [0.1, 0.15) is 0 Å². The lowest BCUT2D eigenvalue weighted by atomic mass is 10.0. The van der Waals surface area contributed by atoms with Gasteiger partial charge in [0.25, 0.3) is 0 Å². The Balaban J connectivity index is 2.19. The quantitative estimate of drug-likeness (QED) is 0.499. The summed E-state index contributed by atoms with van der Waals surface area (Å²) in [6, 6.07) is 0. The zero-order valence-electron chi connectivity index (χ0n) is 5.90. The van der Waals surface area contributed by atoms with Crippen LogP contribution >= 0.6 is 0 Å². The van der Waals surface area contributed by atoms with Gasteiger partial charge in [-0.15, -0.1) is 0 Å². The van der Waals surface area contributed by atoms with Gasteiger partial charge in [-0.25, -0.2) is 0 Å². The predicted octanol–water partition coefficient (Wildman–Crippen LogP) is 1.82. The number of hydrogen-bond acceptors (Lipinski definition) is 1. The van der Waals surface area contributed by atoms with E-state index in [1.807, 2.05) is 0 Å². The second-order valence-electron chi connectivity index (χ2n) is 3.34. The van der Waals surface area contributed by atoms with Crippen molar-refractivity contribution in [2.45, 2.75) is 32.8 Å². The van der Waals surface area contributed by atoms with E-state index in [-0.39, 0.29) is 5.60 Å². The van der Waals surface area contributed by atoms with Gasteiger partial charge in [-0.2, -0.15) is 0 Å². The SMILES string of the molecule is CC(C)C[C@]1(C)CO1. The van der Waals surface area contributed by atoms with Crippen molar-refractivity contribution in [1.29, 1.82) is 0 Å². The minimum absolute atomic E-state index is 0.272. The van der Waals surface area contributed by atoms with Crippen LogP contribution < -0.4 is 0 Å². The molecule has 1 atom stereocenters. The van der Waals surface area contributed by atoms with E-state index in [0.717, 1.165) is 12.5 Å². The van der Waals surface area contributed by atoms with Crippen LogP contribution in [0.2, 0.25) is 0 Å². The van der Waals surface area contributed by atoms with Crippen LogP contribution in [0.5, 0.6) is 0 Å². The van der Waals surface area contributed by atoms with Gasteiger partial charge in [-0.1, -0.05) is 13.8 Å². The summed E-state index contributed by atoms with van der Waals surface area (Å²) in [6.45, 7) is 7.61. The van der Waals surface area contributed by atoms with Crippen molar-refractivity contribution in [3.05, 3.63) is 0 Å². The van der Waals surface area contributed by atoms with E-state index in [0.29, 0.717) is 0 Å². The summed E-state index contributed by atoms with van der Waals surface area (Å²) in [5.41, 5.74) is 0.272. The summed E-state index contributed by atoms with van der Waals surface area (Å²) in [5, 5.41) is 0. The highest BCUT2D eigenvalue weighted by molar-refractivity contribution is 4.87. The first-order chi connectivity index (χ1) is 3.62. The van der Waals surface area contributed by atoms with Gasteiger partial charge in [0, 0.05) is 0 Å². The number of ether oxygens (including phenoxy) is 1. The second kappa shape index (κ2) is 1.73. The Morgan fingerprint density at radius 3 is 2.25 bits per heavy atom. The molecule has 48 valence electrons. The first kappa shape index (κ1) is 6.09. The van der Waals surface area contributed by atoms with Crippen LogP contribution in [0, 0.1) is 5.92 Å². The molecule has 1 rings (SSSR count). The van der Waals surface area contributed by atoms with Crippen LogP contribution in [0.4, 0.5) is 0 Å². The topological polar surface area (TPSA) is 12.5 Å². The molecule has 1 fully saturated rings. The molecule has 1 nitrogen and oxygen atoms in total. The number of epoxide rings is 1. The minimum atomic E-state index is 0.272. The fraction of sp³-hybridized carbons (Fsp3) is 1.00. The Labute approximate surface area is 51.0 Å². The van der Waals surface area contributed by atoms with Crippen molar-refractivity contribution in [2.24, 2.45) is 5.92 Å². The van der Waals surface area contributed by atoms with E-state index in [2.05, 4.69) is 20.8 Å². The maximum absolute atomic E-state index is 5.21. The monoisotopic (exact) mass is 114 g/mol. The van der Waals surface area contributed by atoms with Crippen molar-refractivity contribution in [3.63, 3.8) is 0 Å². The van der Waals surface area contributed by atoms with Crippen molar-refractivity contribution < 1.29 is 4.74 Å². The largest absolute Gasteiger partial charge is 0.370 e. The lowest BCUT2D eigenvalue weighted by molar-refractivity contribution is 0.283. The average molecular weight is 114 g/mol. The van der Waals surface area contributed by atoms with E-state index in [4.69, 9.17) is 4.74 Å². The maximum Gasteiger partial charge on any atom is 0.0891 e. The third kappa shape index (κ3) is 1.48. The molecule has 8 heavy (non-hydrogen) atoms. The highest BCUT2D eigenvalue weighted by Gasteiger charge is 2.39. The molecule has 0 aromatic heterocycles. The van der Waals surface area contributed by atoms with Gasteiger partial charge < -0.3 is 4.74 Å². The lowest BCUT2D eigenvalue weighted by Crippen LogP contribution is -2.07. The third-order valence-corrected chi connectivity index (χ3v) is 1.48. The van der Waals surface area contributed by atoms with Crippen molar-refractivity contribution in [1.82, 2.24) is 0 Å². The molecule has 1 aliphatic heterocycles. The lowest BCUT2D eigenvalue weighted by Gasteiger charge is -2.06. The molecular weight excluding hydrogens is 100 g/mol. The molecular formula is C7H14O. The van der Waals surface area contributed by atoms with Gasteiger partial charge in [0.2, 0.25) is 0 Å². The zero-order valence-corrected chi connectivity index (χ0v) is 5.90. The highest BCUT2D eigenvalue weighted by Crippen LogP contribution is 2.32. The molecule has 0 bridgehead atoms. The Morgan fingerprint density at radius 1 is 1.62 bits per heavy atom. The minimum Gasteiger partial charge on any atom is -0.370 e. The smallest absolute Gasteiger partial charge is 0.0891 e. The van der Waals surface area contributed by atoms with E-state index in [1.165, 1.54) is 6.42 Å². The fourth-order valence-electron chi connectivity index (χ4n) is 1.10. The van der Waals surface area contributed by atoms with Gasteiger partial charge in [0.05, 0.1) is 12.2 Å². The Bertz CT molecular complexity index is 82.4. The molecule has 0 spiro atoms. The molecule has 0 aliphatic carbocycles. The van der Waals surface area contributed by atoms with E-state index in [1.54, 1.807) is 0 Å². The van der Waals surface area contributed by atoms with Gasteiger partial charge in [-0.3, -0.25) is 0 Å². The molecule has 0 radical (unpaired) electrons. The maximum atomic E-state index is 5.21. The second-order valence-corrected chi connectivity index (χ2v) is 3.34. The van der Waals surface area contributed by atoms with Gasteiger partial charge >= 0.3 is 0 Å². The van der Waals surface area contributed by atoms with Crippen molar-refractivity contribution in [2.75, 3.05) is 6.61 Å². The molecule has 0 amide bonds. The van der Waals surface area contributed by atoms with E-state index < -0.39 is 0 Å². The summed E-state index contributed by atoms with van der Waals surface area (Å²) in [4.78, 5) is 0. The van der Waals surface area contributed by atoms with Crippen LogP contribution in [-0.4, -0.2) is 12.2 Å². The van der Waals surface area contributed by atoms with Gasteiger partial charge in [0.15, 0.2) is 0 Å². The highest BCUT2D eigenvalue weighted by atomic mass is 16.6. The van der Waals surface area contributed by atoms with Crippen LogP contribution in [-0.2, 0) is 4.74 Å². The summed E-state index contributed by atoms with van der Waals surface area (Å²) in [5.74, 6) is 0.780. The van der Waals surface area contributed by atoms with E-state index in [9.17, 15) is 0 Å². The molecule has 0 aromatic rings. The van der Waals surface area contributed by atoms with Crippen LogP contribution in [0.3, 0.4) is 0 Å². The molecule has 1 saturated heterocycles. The van der Waals surface area contributed by atoms with Crippen LogP contribution in [0.15, 0.2) is 0 Å². The average Bonchev–Trinajstić information content (AvgIpc) is 2.17. The molecule has 1 aliphatic rings. The molecule has 1 heteroatoms. The molecule has 0 aromatic carbocycles. The predicted molar refractivity (Wildman–Crippen MR) is 33.8 cm³/mol. The normalized spacial score (nSPS) is 36.0. The van der Waals surface area contributed by atoms with Crippen LogP contribution in [0.25, 0.3) is 0 Å². The Hall–Kier alpha value is -0.0400. The van der Waals surface area contributed by atoms with E-state index >= 15 is 0 Å². The summed E-state index contributed by atoms with van der Waals surface area (Å²) >= 11 is 0. The fourth-order valence-corrected chi connectivity index (χ4v) is 1.10. The first-order valence-electron chi connectivity index (χ1n) is 3.26. The molecule has 0 unspecified atom stereocenters. The third-order valence-electron chi connectivity index (χ3n) is 1.48. The Morgan fingerprint density at radius 2 is 2.12 bits per heavy atom. The molecule has 0 N–H and O–H groups in total. The number of hydrogen-bond donors (Lipinski definition) is 0. The summed E-state index contributed by atoms with van der Waals surface area (Å²) in [7, 11) is 0. The van der Waals surface area contributed by atoms with Crippen molar-refractivity contribution >= 4 is 0 Å². The van der Waals surface area contributed by atoms with Gasteiger partial charge in [-0.05, 0) is 19.3 Å². The summed E-state index contributed by atoms with van der Waals surface area (Å²) < 4.78 is 5.21. The summed E-state index contributed by atoms with van der Waals surface area (Å²) in [6.07, 6.45) is 1.22. The standard InChI is InChI=1S/C7H14O/c1-6(2)4-7(3)5-8-7/h6H,4-5H2,1-3H3/t7-/m1/s1. The first-order valence-corrected chi connectivity index (χ1v) is 3.26. The van der Waals surface area contributed by atoms with Crippen LogP contribution in [0.1, 0.15) is 27.2 Å². The number of rotatable bonds is 2. The Kier molecular flexibility index (Phi) is 1.31.